The SMILES string of the molecule is CCN1C(=O)/C(=C/C=C/[C]2[CH][CH][CH][CH]2)SC1=S. The molecule has 5 radical (unpaired) electrons. The van der Waals surface area contributed by atoms with Gasteiger partial charge in [-0.3, -0.25) is 9.69 Å². The van der Waals surface area contributed by atoms with Gasteiger partial charge < -0.3 is 0 Å². The fourth-order valence-electron chi connectivity index (χ4n) is 1.53. The minimum Gasteiger partial charge on any atom is -0.293 e. The second-order valence-corrected chi connectivity index (χ2v) is 5.20. The molecule has 2 rings (SSSR count). The molecule has 1 saturated carbocycles. The van der Waals surface area contributed by atoms with Crippen LogP contribution in [0.25, 0.3) is 0 Å². The van der Waals surface area contributed by atoms with Crippen molar-refractivity contribution in [3.8, 4) is 0 Å². The molecule has 0 aromatic heterocycles. The van der Waals surface area contributed by atoms with Gasteiger partial charge in [0.05, 0.1) is 4.91 Å². The van der Waals surface area contributed by atoms with Crippen molar-refractivity contribution in [3.63, 3.8) is 0 Å². The van der Waals surface area contributed by atoms with Crippen molar-refractivity contribution in [3.05, 3.63) is 54.7 Å². The average Bonchev–Trinajstić information content (AvgIpc) is 2.89. The molecule has 87 valence electrons. The summed E-state index contributed by atoms with van der Waals surface area (Å²) in [7, 11) is 0. The van der Waals surface area contributed by atoms with Gasteiger partial charge in [0, 0.05) is 12.5 Å². The van der Waals surface area contributed by atoms with Crippen LogP contribution in [0.1, 0.15) is 6.92 Å². The van der Waals surface area contributed by atoms with Crippen LogP contribution in [0.3, 0.4) is 0 Å². The molecule has 1 saturated heterocycles. The van der Waals surface area contributed by atoms with Gasteiger partial charge in [-0.25, -0.2) is 0 Å². The van der Waals surface area contributed by atoms with Gasteiger partial charge in [-0.05, 0) is 38.7 Å². The van der Waals surface area contributed by atoms with Gasteiger partial charge in [-0.1, -0.05) is 36.1 Å². The lowest BCUT2D eigenvalue weighted by atomic mass is 10.1. The van der Waals surface area contributed by atoms with Crippen molar-refractivity contribution in [2.24, 2.45) is 0 Å². The Morgan fingerprint density at radius 3 is 2.71 bits per heavy atom. The molecule has 2 nitrogen and oxygen atoms in total. The highest BCUT2D eigenvalue weighted by Gasteiger charge is 2.30. The van der Waals surface area contributed by atoms with Crippen LogP contribution in [-0.2, 0) is 4.79 Å². The molecule has 0 atom stereocenters. The number of thiocarbonyl (C=S) groups is 1. The molecular formula is C13H12NOS2. The molecule has 0 aromatic rings. The molecule has 0 bridgehead atoms. The summed E-state index contributed by atoms with van der Waals surface area (Å²) in [4.78, 5) is 14.2. The topological polar surface area (TPSA) is 20.3 Å². The molecule has 2 aliphatic rings. The van der Waals surface area contributed by atoms with Crippen molar-refractivity contribution < 1.29 is 4.79 Å². The first kappa shape index (κ1) is 12.8. The molecule has 0 spiro atoms. The van der Waals surface area contributed by atoms with Crippen LogP contribution in [-0.4, -0.2) is 21.7 Å². The van der Waals surface area contributed by atoms with E-state index in [9.17, 15) is 4.79 Å². The Morgan fingerprint density at radius 1 is 1.41 bits per heavy atom. The smallest absolute Gasteiger partial charge is 0.266 e. The van der Waals surface area contributed by atoms with Gasteiger partial charge in [0.15, 0.2) is 0 Å². The normalized spacial score (nSPS) is 24.8. The van der Waals surface area contributed by atoms with E-state index >= 15 is 0 Å². The Morgan fingerprint density at radius 2 is 2.12 bits per heavy atom. The van der Waals surface area contributed by atoms with Crippen molar-refractivity contribution in [2.45, 2.75) is 6.92 Å². The maximum absolute atomic E-state index is 11.9. The largest absolute Gasteiger partial charge is 0.293 e. The van der Waals surface area contributed by atoms with E-state index in [2.05, 4.69) is 0 Å². The van der Waals surface area contributed by atoms with Gasteiger partial charge in [-0.15, -0.1) is 0 Å². The zero-order valence-electron chi connectivity index (χ0n) is 9.42. The van der Waals surface area contributed by atoms with Crippen LogP contribution >= 0.6 is 24.0 Å². The van der Waals surface area contributed by atoms with Gasteiger partial charge in [0.25, 0.3) is 5.91 Å². The third kappa shape index (κ3) is 2.99. The number of amides is 1. The van der Waals surface area contributed by atoms with Crippen molar-refractivity contribution in [1.29, 1.82) is 0 Å². The van der Waals surface area contributed by atoms with E-state index in [0.29, 0.717) is 15.8 Å². The number of carbonyl (C=O) groups excluding carboxylic acids is 1. The fourth-order valence-corrected chi connectivity index (χ4v) is 2.87. The summed E-state index contributed by atoms with van der Waals surface area (Å²) in [5.74, 6) is 1.14. The minimum absolute atomic E-state index is 0.00894. The molecule has 4 heteroatoms. The summed E-state index contributed by atoms with van der Waals surface area (Å²) in [6.45, 7) is 2.56. The first-order valence-corrected chi connectivity index (χ1v) is 6.58. The Kier molecular flexibility index (Phi) is 4.40. The van der Waals surface area contributed by atoms with E-state index < -0.39 is 0 Å². The van der Waals surface area contributed by atoms with E-state index in [1.807, 2.05) is 50.8 Å². The van der Waals surface area contributed by atoms with E-state index in [-0.39, 0.29) is 5.91 Å². The lowest BCUT2D eigenvalue weighted by molar-refractivity contribution is -0.122. The van der Waals surface area contributed by atoms with Gasteiger partial charge >= 0.3 is 0 Å². The summed E-state index contributed by atoms with van der Waals surface area (Å²) >= 11 is 6.49. The number of thioether (sulfide) groups is 1. The van der Waals surface area contributed by atoms with Crippen molar-refractivity contribution in [2.75, 3.05) is 6.54 Å². The predicted octanol–water partition coefficient (Wildman–Crippen LogP) is 2.71. The number of hydrogen-bond donors (Lipinski definition) is 0. The Bertz CT molecular complexity index is 381. The summed E-state index contributed by atoms with van der Waals surface area (Å²) in [5.41, 5.74) is 0. The molecule has 0 aromatic carbocycles. The zero-order chi connectivity index (χ0) is 12.3. The number of rotatable bonds is 3. The first-order chi connectivity index (χ1) is 8.22. The summed E-state index contributed by atoms with van der Waals surface area (Å²) in [5, 5.41) is 0. The molecule has 1 amide bonds. The quantitative estimate of drug-likeness (QED) is 0.576. The molecule has 1 aliphatic heterocycles. The van der Waals surface area contributed by atoms with Gasteiger partial charge in [0.2, 0.25) is 0 Å². The lowest BCUT2D eigenvalue weighted by Crippen LogP contribution is -2.27. The van der Waals surface area contributed by atoms with E-state index in [1.165, 1.54) is 11.8 Å². The number of carbonyl (C=O) groups is 1. The standard InChI is InChI=1S/C13H12NOS2/c1-2-14-12(15)11(17-13(14)16)9-5-8-10-6-3-4-7-10/h3-9H,2H2,1H3/b8-5+,11-9-. The van der Waals surface area contributed by atoms with E-state index in [0.717, 1.165) is 5.92 Å². The highest BCUT2D eigenvalue weighted by Crippen LogP contribution is 2.31. The number of likely N-dealkylation sites (N-methyl/N-ethyl adjacent to an activating group) is 1. The monoisotopic (exact) mass is 262 g/mol. The van der Waals surface area contributed by atoms with Crippen LogP contribution in [0.5, 0.6) is 0 Å². The molecule has 1 aliphatic carbocycles. The van der Waals surface area contributed by atoms with Crippen LogP contribution in [0.2, 0.25) is 0 Å². The highest BCUT2D eigenvalue weighted by atomic mass is 32.2. The van der Waals surface area contributed by atoms with Crippen LogP contribution < -0.4 is 0 Å². The molecule has 0 unspecified atom stereocenters. The maximum Gasteiger partial charge on any atom is 0.266 e. The Hall–Kier alpha value is -0.610. The minimum atomic E-state index is 0.00894. The third-order valence-electron chi connectivity index (χ3n) is 2.41. The third-order valence-corrected chi connectivity index (χ3v) is 3.81. The highest BCUT2D eigenvalue weighted by molar-refractivity contribution is 8.26. The van der Waals surface area contributed by atoms with E-state index in [4.69, 9.17) is 12.2 Å². The maximum atomic E-state index is 11.9. The molecule has 2 fully saturated rings. The number of nitrogens with zero attached hydrogens (tertiary/aromatic N) is 1. The van der Waals surface area contributed by atoms with Crippen LogP contribution in [0.4, 0.5) is 0 Å². The second kappa shape index (κ2) is 5.83. The number of allylic oxidation sites excluding steroid dienone is 3. The molecule has 0 N–H and O–H groups in total. The predicted molar refractivity (Wildman–Crippen MR) is 75.2 cm³/mol. The lowest BCUT2D eigenvalue weighted by Gasteiger charge is -2.09. The van der Waals surface area contributed by atoms with Crippen LogP contribution in [0, 0.1) is 31.6 Å². The Balaban J connectivity index is 1.98. The summed E-state index contributed by atoms with van der Waals surface area (Å²) in [6, 6.07) is 0. The molecule has 1 heterocycles. The van der Waals surface area contributed by atoms with Crippen molar-refractivity contribution in [1.82, 2.24) is 4.90 Å². The van der Waals surface area contributed by atoms with Crippen LogP contribution in [0.15, 0.2) is 23.1 Å². The molecular weight excluding hydrogens is 250 g/mol. The fraction of sp³-hybridized carbons (Fsp3) is 0.154. The first-order valence-electron chi connectivity index (χ1n) is 5.36. The van der Waals surface area contributed by atoms with Gasteiger partial charge in [-0.2, -0.15) is 0 Å². The number of hydrogen-bond acceptors (Lipinski definition) is 3. The summed E-state index contributed by atoms with van der Waals surface area (Å²) in [6.07, 6.45) is 13.7. The Labute approximate surface area is 112 Å². The van der Waals surface area contributed by atoms with E-state index in [1.54, 1.807) is 4.90 Å². The van der Waals surface area contributed by atoms with Crippen molar-refractivity contribution >= 4 is 34.2 Å². The average molecular weight is 262 g/mol. The van der Waals surface area contributed by atoms with Gasteiger partial charge in [0.1, 0.15) is 4.32 Å². The zero-order valence-corrected chi connectivity index (χ0v) is 11.1. The summed E-state index contributed by atoms with van der Waals surface area (Å²) < 4.78 is 0.644. The molecule has 17 heavy (non-hydrogen) atoms. The second-order valence-electron chi connectivity index (χ2n) is 3.53.